The molecule has 2 heterocycles. The van der Waals surface area contributed by atoms with Gasteiger partial charge in [0.15, 0.2) is 0 Å². The van der Waals surface area contributed by atoms with Gasteiger partial charge in [-0.05, 0) is 65.0 Å². The first-order valence-electron chi connectivity index (χ1n) is 8.98. The summed E-state index contributed by atoms with van der Waals surface area (Å²) in [6.07, 6.45) is 5.94. The van der Waals surface area contributed by atoms with Crippen molar-refractivity contribution in [1.82, 2.24) is 14.7 Å². The molecule has 0 aliphatic carbocycles. The molecule has 2 aromatic heterocycles. The van der Waals surface area contributed by atoms with Crippen LogP contribution in [-0.2, 0) is 6.54 Å². The molecular weight excluding hydrogens is 461 g/mol. The number of imidazole rings is 1. The van der Waals surface area contributed by atoms with Gasteiger partial charge in [0, 0.05) is 28.1 Å². The monoisotopic (exact) mass is 481 g/mol. The fraction of sp³-hybridized carbons (Fsp3) is 0.0909. The topological polar surface area (TPSA) is 53.7 Å². The van der Waals surface area contributed by atoms with Gasteiger partial charge in [0.2, 0.25) is 0 Å². The highest BCUT2D eigenvalue weighted by Gasteiger charge is 2.04. The Morgan fingerprint density at radius 3 is 2.54 bits per heavy atom. The first kappa shape index (κ1) is 18.6. The van der Waals surface area contributed by atoms with Gasteiger partial charge in [-0.3, -0.25) is 5.43 Å². The lowest BCUT2D eigenvalue weighted by molar-refractivity contribution is 0.818. The van der Waals surface area contributed by atoms with Crippen molar-refractivity contribution in [2.45, 2.75) is 6.54 Å². The number of hydrogen-bond acceptors (Lipinski definition) is 4. The Bertz CT molecular complexity index is 1100. The number of benzene rings is 2. The first-order chi connectivity index (χ1) is 13.7. The number of nitrogens with one attached hydrogen (secondary N) is 2. The van der Waals surface area contributed by atoms with Crippen molar-refractivity contribution < 1.29 is 0 Å². The van der Waals surface area contributed by atoms with Gasteiger partial charge in [0.1, 0.15) is 5.65 Å². The number of fused-ring (bicyclic) bond motifs is 1. The lowest BCUT2D eigenvalue weighted by Gasteiger charge is -2.02. The fourth-order valence-corrected chi connectivity index (χ4v) is 3.41. The molecule has 0 radical (unpaired) electrons. The summed E-state index contributed by atoms with van der Waals surface area (Å²) in [7, 11) is 1.94. The largest absolute Gasteiger partial charge is 0.316 e. The quantitative estimate of drug-likeness (QED) is 0.237. The third-order valence-corrected chi connectivity index (χ3v) is 5.00. The Morgan fingerprint density at radius 2 is 1.79 bits per heavy atom. The smallest absolute Gasteiger partial charge is 0.137 e. The lowest BCUT2D eigenvalue weighted by Crippen LogP contribution is -2.04. The maximum absolute atomic E-state index is 4.68. The fourth-order valence-electron chi connectivity index (χ4n) is 2.93. The van der Waals surface area contributed by atoms with Crippen LogP contribution in [0.25, 0.3) is 16.9 Å². The first-order valence-corrected chi connectivity index (χ1v) is 10.1. The van der Waals surface area contributed by atoms with Crippen LogP contribution in [0.1, 0.15) is 11.1 Å². The number of rotatable bonds is 6. The van der Waals surface area contributed by atoms with Gasteiger partial charge >= 0.3 is 0 Å². The minimum Gasteiger partial charge on any atom is -0.316 e. The van der Waals surface area contributed by atoms with Crippen LogP contribution in [0.2, 0.25) is 0 Å². The van der Waals surface area contributed by atoms with Crippen LogP contribution in [0, 0.1) is 3.57 Å². The standard InChI is InChI=1S/C22H20IN5/c1-24-12-16-2-4-17(5-3-16)13-25-27-20-9-6-18(7-10-20)21-15-28-14-19(23)8-11-22(28)26-21/h2-11,13-15,24,27H,12H2,1H3/b25-13+. The third kappa shape index (κ3) is 4.40. The molecule has 2 N–H and O–H groups in total. The molecule has 0 spiro atoms. The predicted molar refractivity (Wildman–Crippen MR) is 124 cm³/mol. The lowest BCUT2D eigenvalue weighted by atomic mass is 10.1. The van der Waals surface area contributed by atoms with E-state index in [1.807, 2.05) is 31.5 Å². The van der Waals surface area contributed by atoms with Crippen LogP contribution in [0.15, 0.2) is 78.2 Å². The van der Waals surface area contributed by atoms with E-state index >= 15 is 0 Å². The van der Waals surface area contributed by atoms with Crippen molar-refractivity contribution in [3.8, 4) is 11.3 Å². The minimum absolute atomic E-state index is 0.869. The van der Waals surface area contributed by atoms with E-state index in [2.05, 4.69) is 103 Å². The molecule has 6 heteroatoms. The molecule has 0 bridgehead atoms. The Morgan fingerprint density at radius 1 is 1.00 bits per heavy atom. The number of aromatic nitrogens is 2. The van der Waals surface area contributed by atoms with Crippen LogP contribution in [0.5, 0.6) is 0 Å². The van der Waals surface area contributed by atoms with Crippen molar-refractivity contribution in [3.63, 3.8) is 0 Å². The normalized spacial score (nSPS) is 11.4. The predicted octanol–water partition coefficient (Wildman–Crippen LogP) is 4.77. The average Bonchev–Trinajstić information content (AvgIpc) is 3.13. The van der Waals surface area contributed by atoms with E-state index in [-0.39, 0.29) is 0 Å². The summed E-state index contributed by atoms with van der Waals surface area (Å²) in [5.41, 5.74) is 9.31. The molecule has 0 saturated heterocycles. The molecule has 140 valence electrons. The molecule has 0 saturated carbocycles. The van der Waals surface area contributed by atoms with Crippen LogP contribution in [0.3, 0.4) is 0 Å². The summed E-state index contributed by atoms with van der Waals surface area (Å²) >= 11 is 2.31. The molecule has 5 nitrogen and oxygen atoms in total. The summed E-state index contributed by atoms with van der Waals surface area (Å²) in [6, 6.07) is 20.5. The molecule has 4 rings (SSSR count). The van der Waals surface area contributed by atoms with Crippen molar-refractivity contribution >= 4 is 40.1 Å². The SMILES string of the molecule is CNCc1ccc(/C=N/Nc2ccc(-c3cn4cc(I)ccc4n3)cc2)cc1. The van der Waals surface area contributed by atoms with E-state index in [0.29, 0.717) is 0 Å². The van der Waals surface area contributed by atoms with Crippen molar-refractivity contribution in [3.05, 3.63) is 87.8 Å². The number of pyridine rings is 1. The maximum atomic E-state index is 4.68. The molecule has 0 unspecified atom stereocenters. The Labute approximate surface area is 177 Å². The van der Waals surface area contributed by atoms with Crippen LogP contribution in [-0.4, -0.2) is 22.6 Å². The molecule has 4 aromatic rings. The van der Waals surface area contributed by atoms with Crippen molar-refractivity contribution in [2.24, 2.45) is 5.10 Å². The Hall–Kier alpha value is -2.71. The van der Waals surface area contributed by atoms with E-state index in [4.69, 9.17) is 0 Å². The number of hydrogen-bond donors (Lipinski definition) is 2. The van der Waals surface area contributed by atoms with Crippen LogP contribution in [0.4, 0.5) is 5.69 Å². The zero-order valence-corrected chi connectivity index (χ0v) is 17.6. The maximum Gasteiger partial charge on any atom is 0.137 e. The van der Waals surface area contributed by atoms with E-state index < -0.39 is 0 Å². The molecule has 0 aliphatic rings. The van der Waals surface area contributed by atoms with Gasteiger partial charge in [0.25, 0.3) is 0 Å². The minimum atomic E-state index is 0.869. The number of anilines is 1. The van der Waals surface area contributed by atoms with Gasteiger partial charge in [0.05, 0.1) is 17.6 Å². The van der Waals surface area contributed by atoms with E-state index in [1.165, 1.54) is 9.13 Å². The molecule has 0 fully saturated rings. The molecule has 0 amide bonds. The molecule has 0 aliphatic heterocycles. The van der Waals surface area contributed by atoms with Crippen LogP contribution < -0.4 is 10.7 Å². The van der Waals surface area contributed by atoms with E-state index in [1.54, 1.807) is 0 Å². The van der Waals surface area contributed by atoms with Gasteiger partial charge in [-0.2, -0.15) is 5.10 Å². The zero-order chi connectivity index (χ0) is 19.3. The van der Waals surface area contributed by atoms with E-state index in [0.717, 1.165) is 34.7 Å². The summed E-state index contributed by atoms with van der Waals surface area (Å²) < 4.78 is 3.23. The Balaban J connectivity index is 1.42. The molecule has 0 atom stereocenters. The van der Waals surface area contributed by atoms with Gasteiger partial charge in [-0.25, -0.2) is 4.98 Å². The second-order valence-corrected chi connectivity index (χ2v) is 7.70. The molecule has 28 heavy (non-hydrogen) atoms. The average molecular weight is 481 g/mol. The van der Waals surface area contributed by atoms with Gasteiger partial charge in [-0.1, -0.05) is 36.4 Å². The Kier molecular flexibility index (Phi) is 5.68. The number of nitrogens with zero attached hydrogens (tertiary/aromatic N) is 3. The number of hydrazone groups is 1. The van der Waals surface area contributed by atoms with E-state index in [9.17, 15) is 0 Å². The second kappa shape index (κ2) is 8.53. The highest BCUT2D eigenvalue weighted by Crippen LogP contribution is 2.22. The second-order valence-electron chi connectivity index (χ2n) is 6.46. The molecule has 2 aromatic carbocycles. The third-order valence-electron chi connectivity index (χ3n) is 4.36. The van der Waals surface area contributed by atoms with Gasteiger partial charge in [-0.15, -0.1) is 0 Å². The highest BCUT2D eigenvalue weighted by atomic mass is 127. The summed E-state index contributed by atoms with van der Waals surface area (Å²) in [5, 5.41) is 7.47. The summed E-state index contributed by atoms with van der Waals surface area (Å²) in [5.74, 6) is 0. The van der Waals surface area contributed by atoms with Crippen molar-refractivity contribution in [1.29, 1.82) is 0 Å². The van der Waals surface area contributed by atoms with Crippen LogP contribution >= 0.6 is 22.6 Å². The zero-order valence-electron chi connectivity index (χ0n) is 15.4. The van der Waals surface area contributed by atoms with Crippen molar-refractivity contribution in [2.75, 3.05) is 12.5 Å². The highest BCUT2D eigenvalue weighted by molar-refractivity contribution is 14.1. The summed E-state index contributed by atoms with van der Waals surface area (Å²) in [4.78, 5) is 4.68. The summed E-state index contributed by atoms with van der Waals surface area (Å²) in [6.45, 7) is 0.869. The molecular formula is C22H20IN5. The van der Waals surface area contributed by atoms with Gasteiger partial charge < -0.3 is 9.72 Å². The number of halogens is 1.